The summed E-state index contributed by atoms with van der Waals surface area (Å²) in [5.74, 6) is -1.10. The number of aryl methyl sites for hydroxylation is 1. The van der Waals surface area contributed by atoms with Crippen molar-refractivity contribution in [2.75, 3.05) is 0 Å². The van der Waals surface area contributed by atoms with Gasteiger partial charge in [0.2, 0.25) is 5.78 Å². The molecule has 0 spiro atoms. The molecule has 0 amide bonds. The van der Waals surface area contributed by atoms with Crippen molar-refractivity contribution in [3.63, 3.8) is 0 Å². The number of fused-ring (bicyclic) bond motifs is 2. The molecule has 0 heterocycles. The van der Waals surface area contributed by atoms with E-state index in [-0.39, 0.29) is 51.1 Å². The quantitative estimate of drug-likeness (QED) is 0.284. The molecular weight excluding hydrogens is 432 g/mol. The molecule has 6 heteroatoms. The third-order valence-electron chi connectivity index (χ3n) is 5.46. The van der Waals surface area contributed by atoms with Crippen molar-refractivity contribution in [3.8, 4) is 17.2 Å². The van der Waals surface area contributed by atoms with Crippen molar-refractivity contribution in [1.82, 2.24) is 0 Å². The van der Waals surface area contributed by atoms with Crippen LogP contribution in [0.2, 0.25) is 0 Å². The summed E-state index contributed by atoms with van der Waals surface area (Å²) in [5.41, 5.74) is 3.60. The number of Topliss-reactive ketones (excluding diaryl/α,β-unsaturated/α-hetero) is 1. The van der Waals surface area contributed by atoms with Crippen LogP contribution in [0.1, 0.15) is 74.1 Å². The van der Waals surface area contributed by atoms with Gasteiger partial charge in [-0.1, -0.05) is 23.8 Å². The van der Waals surface area contributed by atoms with Gasteiger partial charge >= 0.3 is 0 Å². The topological polar surface area (TPSA) is 112 Å². The summed E-state index contributed by atoms with van der Waals surface area (Å²) in [7, 11) is 0. The molecule has 4 rings (SSSR count). The van der Waals surface area contributed by atoms with Crippen LogP contribution in [0.3, 0.4) is 0 Å². The van der Waals surface area contributed by atoms with Crippen LogP contribution >= 0.6 is 0 Å². The zero-order valence-electron chi connectivity index (χ0n) is 19.5. The minimum Gasteiger partial charge on any atom is -0.508 e. The normalized spacial score (nSPS) is 11.6. The maximum atomic E-state index is 12.3. The van der Waals surface area contributed by atoms with E-state index >= 15 is 0 Å². The Morgan fingerprint density at radius 2 is 1.47 bits per heavy atom. The molecule has 34 heavy (non-hydrogen) atoms. The summed E-state index contributed by atoms with van der Waals surface area (Å²) in [5, 5.41) is 29.2. The molecule has 0 radical (unpaired) electrons. The van der Waals surface area contributed by atoms with E-state index in [1.54, 1.807) is 31.2 Å². The first-order valence-electron chi connectivity index (χ1n) is 10.7. The minimum absolute atomic E-state index is 0.0217. The number of aromatic hydroxyl groups is 3. The lowest BCUT2D eigenvalue weighted by Gasteiger charge is -2.19. The highest BCUT2D eigenvalue weighted by atomic mass is 16.3. The van der Waals surface area contributed by atoms with Gasteiger partial charge in [-0.05, 0) is 81.6 Å². The van der Waals surface area contributed by atoms with Crippen LogP contribution in [0.25, 0.3) is 0 Å². The molecule has 1 aliphatic rings. The number of benzene rings is 3. The number of allylic oxidation sites excluding steroid dienone is 2. The van der Waals surface area contributed by atoms with Crippen LogP contribution in [-0.4, -0.2) is 32.7 Å². The van der Waals surface area contributed by atoms with E-state index in [1.165, 1.54) is 36.8 Å². The molecule has 3 aromatic rings. The van der Waals surface area contributed by atoms with Gasteiger partial charge in [0.15, 0.2) is 11.6 Å². The number of phenolic OH excluding ortho intramolecular Hbond substituents is 3. The molecule has 0 bridgehead atoms. The smallest absolute Gasteiger partial charge is 0.201 e. The second-order valence-corrected chi connectivity index (χ2v) is 8.45. The molecule has 0 aliphatic heterocycles. The van der Waals surface area contributed by atoms with Crippen LogP contribution < -0.4 is 0 Å². The Morgan fingerprint density at radius 3 is 2.12 bits per heavy atom. The van der Waals surface area contributed by atoms with Crippen LogP contribution in [0, 0.1) is 6.92 Å². The highest BCUT2D eigenvalue weighted by Crippen LogP contribution is 2.36. The van der Waals surface area contributed by atoms with E-state index in [0.29, 0.717) is 17.5 Å². The van der Waals surface area contributed by atoms with Gasteiger partial charge in [0.1, 0.15) is 17.2 Å². The van der Waals surface area contributed by atoms with Crippen molar-refractivity contribution in [1.29, 1.82) is 0 Å². The van der Waals surface area contributed by atoms with Gasteiger partial charge in [-0.2, -0.15) is 0 Å². The Morgan fingerprint density at radius 1 is 0.794 bits per heavy atom. The average Bonchev–Trinajstić information content (AvgIpc) is 2.76. The van der Waals surface area contributed by atoms with Gasteiger partial charge in [-0.15, -0.1) is 0 Å². The largest absolute Gasteiger partial charge is 0.508 e. The molecule has 3 N–H and O–H groups in total. The van der Waals surface area contributed by atoms with Gasteiger partial charge in [-0.25, -0.2) is 0 Å². The van der Waals surface area contributed by atoms with Crippen molar-refractivity contribution in [2.24, 2.45) is 0 Å². The van der Waals surface area contributed by atoms with E-state index in [0.717, 1.165) is 5.56 Å². The number of hydrogen-bond acceptors (Lipinski definition) is 6. The molecular formula is C28H26O6. The lowest BCUT2D eigenvalue weighted by Crippen LogP contribution is -2.21. The fraction of sp³-hybridized carbons (Fsp3) is 0.179. The molecule has 0 aromatic heterocycles. The SMILES string of the molecule is CC(=O)c1ccc(O)c(CC=C(C)C)c1.Cc1cc(O)c2c(c1)C(=O)c1cccc(O)c1C2=O. The first kappa shape index (κ1) is 24.5. The average molecular weight is 459 g/mol. The Bertz CT molecular complexity index is 1340. The first-order valence-corrected chi connectivity index (χ1v) is 10.7. The van der Waals surface area contributed by atoms with Crippen LogP contribution in [-0.2, 0) is 6.42 Å². The second-order valence-electron chi connectivity index (χ2n) is 8.45. The molecule has 0 atom stereocenters. The van der Waals surface area contributed by atoms with E-state index in [1.807, 2.05) is 19.9 Å². The minimum atomic E-state index is -0.528. The zero-order valence-corrected chi connectivity index (χ0v) is 19.5. The summed E-state index contributed by atoms with van der Waals surface area (Å²) in [6.45, 7) is 7.27. The van der Waals surface area contributed by atoms with Gasteiger partial charge in [0.25, 0.3) is 0 Å². The number of carbonyl (C=O) groups is 3. The molecule has 0 unspecified atom stereocenters. The van der Waals surface area contributed by atoms with Crippen LogP contribution in [0.5, 0.6) is 17.2 Å². The van der Waals surface area contributed by atoms with E-state index in [4.69, 9.17) is 0 Å². The number of hydrogen-bond donors (Lipinski definition) is 3. The highest BCUT2D eigenvalue weighted by Gasteiger charge is 2.34. The third-order valence-corrected chi connectivity index (χ3v) is 5.46. The van der Waals surface area contributed by atoms with Crippen LogP contribution in [0.4, 0.5) is 0 Å². The van der Waals surface area contributed by atoms with E-state index in [2.05, 4.69) is 0 Å². The standard InChI is InChI=1S/C15H10O4.C13H16O2/c1-7-5-9-13(11(17)6-7)15(19)12-8(14(9)18)3-2-4-10(12)16;1-9(2)4-5-12-8-11(10(3)14)6-7-13(12)15/h2-6,16-17H,1H3;4,6-8,15H,5H2,1-3H3. The van der Waals surface area contributed by atoms with Gasteiger partial charge in [0, 0.05) is 16.7 Å². The first-order chi connectivity index (χ1) is 16.0. The summed E-state index contributed by atoms with van der Waals surface area (Å²) < 4.78 is 0. The monoisotopic (exact) mass is 458 g/mol. The van der Waals surface area contributed by atoms with E-state index in [9.17, 15) is 29.7 Å². The number of phenols is 3. The maximum Gasteiger partial charge on any atom is 0.201 e. The predicted molar refractivity (Wildman–Crippen MR) is 129 cm³/mol. The van der Waals surface area contributed by atoms with Gasteiger partial charge < -0.3 is 15.3 Å². The Hall–Kier alpha value is -4.19. The van der Waals surface area contributed by atoms with Crippen molar-refractivity contribution < 1.29 is 29.7 Å². The summed E-state index contributed by atoms with van der Waals surface area (Å²) in [6, 6.07) is 12.3. The Labute approximate surface area is 197 Å². The summed E-state index contributed by atoms with van der Waals surface area (Å²) in [6.07, 6.45) is 2.69. The third kappa shape index (κ3) is 4.91. The fourth-order valence-corrected chi connectivity index (χ4v) is 3.71. The molecule has 0 saturated heterocycles. The fourth-order valence-electron chi connectivity index (χ4n) is 3.71. The zero-order chi connectivity index (χ0) is 25.2. The Kier molecular flexibility index (Phi) is 7.01. The van der Waals surface area contributed by atoms with Gasteiger partial charge in [0.05, 0.1) is 11.1 Å². The number of rotatable bonds is 3. The summed E-state index contributed by atoms with van der Waals surface area (Å²) in [4.78, 5) is 35.8. The van der Waals surface area contributed by atoms with Crippen molar-refractivity contribution >= 4 is 17.3 Å². The van der Waals surface area contributed by atoms with Crippen LogP contribution in [0.15, 0.2) is 60.2 Å². The van der Waals surface area contributed by atoms with Crippen molar-refractivity contribution in [2.45, 2.75) is 34.1 Å². The molecule has 0 saturated carbocycles. The molecule has 3 aromatic carbocycles. The lowest BCUT2D eigenvalue weighted by molar-refractivity contribution is 0.0974. The molecule has 174 valence electrons. The van der Waals surface area contributed by atoms with E-state index < -0.39 is 5.78 Å². The number of carbonyl (C=O) groups excluding carboxylic acids is 3. The number of ketones is 3. The van der Waals surface area contributed by atoms with Crippen molar-refractivity contribution in [3.05, 3.63) is 99.1 Å². The lowest BCUT2D eigenvalue weighted by atomic mass is 9.82. The maximum absolute atomic E-state index is 12.3. The predicted octanol–water partition coefficient (Wildman–Crippen LogP) is 5.29. The summed E-state index contributed by atoms with van der Waals surface area (Å²) >= 11 is 0. The Balaban J connectivity index is 0.000000197. The molecule has 0 fully saturated rings. The molecule has 1 aliphatic carbocycles. The van der Waals surface area contributed by atoms with Gasteiger partial charge in [-0.3, -0.25) is 14.4 Å². The second kappa shape index (κ2) is 9.75. The molecule has 6 nitrogen and oxygen atoms in total. The highest BCUT2D eigenvalue weighted by molar-refractivity contribution is 6.30.